The van der Waals surface area contributed by atoms with E-state index < -0.39 is 0 Å². The molecule has 0 aliphatic rings. The van der Waals surface area contributed by atoms with Gasteiger partial charge in [-0.05, 0) is 31.2 Å². The summed E-state index contributed by atoms with van der Waals surface area (Å²) in [7, 11) is 0. The number of anilines is 1. The third-order valence-electron chi connectivity index (χ3n) is 2.76. The van der Waals surface area contributed by atoms with Crippen molar-refractivity contribution >= 4 is 69.4 Å². The minimum Gasteiger partial charge on any atom is -0.506 e. The normalized spacial score (nSPS) is 11.6. The van der Waals surface area contributed by atoms with Gasteiger partial charge in [0.25, 0.3) is 0 Å². The molecule has 0 aromatic heterocycles. The Morgan fingerprint density at radius 3 is 2.00 bits per heavy atom. The molecule has 2 aromatic rings. The van der Waals surface area contributed by atoms with E-state index in [4.69, 9.17) is 58.0 Å². The summed E-state index contributed by atoms with van der Waals surface area (Å²) in [6, 6.07) is 6.07. The highest BCUT2D eigenvalue weighted by atomic mass is 35.5. The summed E-state index contributed by atoms with van der Waals surface area (Å²) in [5.41, 5.74) is 3.99. The van der Waals surface area contributed by atoms with Gasteiger partial charge in [-0.1, -0.05) is 58.0 Å². The fourth-order valence-electron chi connectivity index (χ4n) is 1.69. The summed E-state index contributed by atoms with van der Waals surface area (Å²) in [5.74, 6) is -0.109. The van der Waals surface area contributed by atoms with Crippen molar-refractivity contribution in [2.75, 3.05) is 5.43 Å². The molecule has 0 heterocycles. The van der Waals surface area contributed by atoms with Crippen LogP contribution in [0.4, 0.5) is 5.69 Å². The molecule has 0 unspecified atom stereocenters. The molecule has 0 fully saturated rings. The maximum Gasteiger partial charge on any atom is 0.143 e. The van der Waals surface area contributed by atoms with E-state index in [0.29, 0.717) is 37.1 Å². The van der Waals surface area contributed by atoms with Crippen LogP contribution in [0.25, 0.3) is 0 Å². The minimum absolute atomic E-state index is 0.109. The number of phenols is 1. The Bertz CT molecular complexity index is 738. The second kappa shape index (κ2) is 7.16. The lowest BCUT2D eigenvalue weighted by molar-refractivity contribution is 0.474. The van der Waals surface area contributed by atoms with Gasteiger partial charge >= 0.3 is 0 Å². The fourth-order valence-corrected chi connectivity index (χ4v) is 3.09. The smallest absolute Gasteiger partial charge is 0.143 e. The molecule has 0 bridgehead atoms. The van der Waals surface area contributed by atoms with Gasteiger partial charge in [-0.3, -0.25) is 5.43 Å². The van der Waals surface area contributed by atoms with E-state index in [1.165, 1.54) is 18.2 Å². The van der Waals surface area contributed by atoms with Crippen LogP contribution in [0.5, 0.6) is 5.75 Å². The standard InChI is InChI=1S/C14H9Cl5N2O/c1-6(9-2-7(15)5-12(19)14(9)22)20-21-13-10(17)3-8(16)4-11(13)18/h2-5,21-22H,1H3/b20-6+. The first kappa shape index (κ1) is 17.5. The molecule has 0 atom stereocenters. The molecule has 2 N–H and O–H groups in total. The number of hydrogen-bond donors (Lipinski definition) is 2. The number of nitrogens with zero attached hydrogens (tertiary/aromatic N) is 1. The molecule has 0 spiro atoms. The molecule has 3 nitrogen and oxygen atoms in total. The Labute approximate surface area is 152 Å². The highest BCUT2D eigenvalue weighted by Gasteiger charge is 2.12. The molecule has 0 saturated heterocycles. The van der Waals surface area contributed by atoms with Crippen molar-refractivity contribution in [3.8, 4) is 5.75 Å². The van der Waals surface area contributed by atoms with Gasteiger partial charge in [-0.2, -0.15) is 5.10 Å². The molecule has 2 rings (SSSR count). The Balaban J connectivity index is 2.35. The Morgan fingerprint density at radius 1 is 0.909 bits per heavy atom. The Hall–Kier alpha value is -0.840. The van der Waals surface area contributed by atoms with E-state index in [2.05, 4.69) is 10.5 Å². The average molecular weight is 399 g/mol. The summed E-state index contributed by atoms with van der Waals surface area (Å²) in [4.78, 5) is 0. The zero-order valence-electron chi connectivity index (χ0n) is 11.1. The van der Waals surface area contributed by atoms with Gasteiger partial charge in [0.2, 0.25) is 0 Å². The van der Waals surface area contributed by atoms with Crippen molar-refractivity contribution in [3.63, 3.8) is 0 Å². The molecule has 0 aliphatic heterocycles. The van der Waals surface area contributed by atoms with Crippen molar-refractivity contribution in [1.82, 2.24) is 0 Å². The summed E-state index contributed by atoms with van der Waals surface area (Å²) in [5, 5.41) is 15.7. The van der Waals surface area contributed by atoms with Gasteiger partial charge in [-0.25, -0.2) is 0 Å². The number of hydrazone groups is 1. The van der Waals surface area contributed by atoms with Crippen molar-refractivity contribution in [3.05, 3.63) is 54.9 Å². The van der Waals surface area contributed by atoms with E-state index in [-0.39, 0.29) is 10.8 Å². The van der Waals surface area contributed by atoms with Gasteiger partial charge < -0.3 is 5.11 Å². The highest BCUT2D eigenvalue weighted by Crippen LogP contribution is 2.34. The first-order chi connectivity index (χ1) is 10.3. The molecule has 8 heteroatoms. The SMILES string of the molecule is C/C(=N\Nc1c(Cl)cc(Cl)cc1Cl)c1cc(Cl)cc(Cl)c1O. The molecule has 116 valence electrons. The number of halogens is 5. The Morgan fingerprint density at radius 2 is 1.41 bits per heavy atom. The van der Waals surface area contributed by atoms with E-state index in [1.807, 2.05) is 0 Å². The van der Waals surface area contributed by atoms with E-state index in [0.717, 1.165) is 0 Å². The summed E-state index contributed by atoms with van der Waals surface area (Å²) in [6.07, 6.45) is 0. The third-order valence-corrected chi connectivity index (χ3v) is 4.08. The maximum absolute atomic E-state index is 9.97. The van der Waals surface area contributed by atoms with Crippen LogP contribution >= 0.6 is 58.0 Å². The molecular weight excluding hydrogens is 389 g/mol. The molecule has 0 aliphatic carbocycles. The van der Waals surface area contributed by atoms with Crippen LogP contribution in [-0.2, 0) is 0 Å². The molecule has 0 amide bonds. The zero-order valence-corrected chi connectivity index (χ0v) is 14.9. The Kier molecular flexibility index (Phi) is 5.70. The van der Waals surface area contributed by atoms with Crippen LogP contribution < -0.4 is 5.43 Å². The first-order valence-corrected chi connectivity index (χ1v) is 7.81. The number of phenolic OH excluding ortho intramolecular Hbond substituents is 1. The van der Waals surface area contributed by atoms with Gasteiger partial charge in [0, 0.05) is 15.6 Å². The van der Waals surface area contributed by atoms with Crippen molar-refractivity contribution in [2.45, 2.75) is 6.92 Å². The van der Waals surface area contributed by atoms with E-state index in [9.17, 15) is 5.11 Å². The van der Waals surface area contributed by atoms with Gasteiger partial charge in [0.1, 0.15) is 5.75 Å². The van der Waals surface area contributed by atoms with Gasteiger partial charge in [0.05, 0.1) is 26.5 Å². The highest BCUT2D eigenvalue weighted by molar-refractivity contribution is 6.41. The van der Waals surface area contributed by atoms with E-state index in [1.54, 1.807) is 13.0 Å². The van der Waals surface area contributed by atoms with Crippen LogP contribution in [0.3, 0.4) is 0 Å². The largest absolute Gasteiger partial charge is 0.506 e. The molecule has 0 saturated carbocycles. The number of benzene rings is 2. The van der Waals surface area contributed by atoms with Crippen molar-refractivity contribution in [1.29, 1.82) is 0 Å². The fraction of sp³-hybridized carbons (Fsp3) is 0.0714. The number of hydrogen-bond acceptors (Lipinski definition) is 3. The van der Waals surface area contributed by atoms with Crippen LogP contribution in [-0.4, -0.2) is 10.8 Å². The molecule has 22 heavy (non-hydrogen) atoms. The second-order valence-corrected chi connectivity index (χ2v) is 6.43. The summed E-state index contributed by atoms with van der Waals surface area (Å²) >= 11 is 29.8. The molecular formula is C14H9Cl5N2O. The maximum atomic E-state index is 9.97. The summed E-state index contributed by atoms with van der Waals surface area (Å²) < 4.78 is 0. The molecule has 0 radical (unpaired) electrons. The van der Waals surface area contributed by atoms with E-state index >= 15 is 0 Å². The van der Waals surface area contributed by atoms with Crippen LogP contribution in [0.1, 0.15) is 12.5 Å². The second-order valence-electron chi connectivity index (χ2n) is 4.34. The minimum atomic E-state index is -0.109. The average Bonchev–Trinajstić information content (AvgIpc) is 2.41. The van der Waals surface area contributed by atoms with Gasteiger partial charge in [-0.15, -0.1) is 0 Å². The first-order valence-electron chi connectivity index (χ1n) is 5.93. The van der Waals surface area contributed by atoms with Crippen molar-refractivity contribution in [2.24, 2.45) is 5.10 Å². The number of nitrogens with one attached hydrogen (secondary N) is 1. The lowest BCUT2D eigenvalue weighted by Gasteiger charge is -2.10. The lowest BCUT2D eigenvalue weighted by Crippen LogP contribution is -2.01. The van der Waals surface area contributed by atoms with Crippen molar-refractivity contribution < 1.29 is 5.11 Å². The van der Waals surface area contributed by atoms with Gasteiger partial charge in [0.15, 0.2) is 0 Å². The van der Waals surface area contributed by atoms with Crippen LogP contribution in [0.15, 0.2) is 29.4 Å². The predicted molar refractivity (Wildman–Crippen MR) is 95.4 cm³/mol. The monoisotopic (exact) mass is 396 g/mol. The molecule has 2 aromatic carbocycles. The summed E-state index contributed by atoms with van der Waals surface area (Å²) in [6.45, 7) is 1.67. The lowest BCUT2D eigenvalue weighted by atomic mass is 10.1. The third kappa shape index (κ3) is 3.92. The topological polar surface area (TPSA) is 44.6 Å². The van der Waals surface area contributed by atoms with Crippen LogP contribution in [0, 0.1) is 0 Å². The predicted octanol–water partition coefficient (Wildman–Crippen LogP) is 6.50. The quantitative estimate of drug-likeness (QED) is 0.458. The zero-order chi connectivity index (χ0) is 16.4. The number of rotatable bonds is 3. The number of aromatic hydroxyl groups is 1. The van der Waals surface area contributed by atoms with Crippen LogP contribution in [0.2, 0.25) is 25.1 Å².